The predicted octanol–water partition coefficient (Wildman–Crippen LogP) is 3.12. The summed E-state index contributed by atoms with van der Waals surface area (Å²) in [4.78, 5) is 0. The highest BCUT2D eigenvalue weighted by atomic mass is 19.1. The normalized spacial score (nSPS) is 10.4. The van der Waals surface area contributed by atoms with E-state index in [1.807, 2.05) is 19.9 Å². The van der Waals surface area contributed by atoms with Gasteiger partial charge in [0, 0.05) is 24.6 Å². The van der Waals surface area contributed by atoms with Crippen LogP contribution >= 0.6 is 0 Å². The quantitative estimate of drug-likeness (QED) is 0.592. The van der Waals surface area contributed by atoms with Gasteiger partial charge in [0.15, 0.2) is 11.6 Å². The maximum atomic E-state index is 13.7. The van der Waals surface area contributed by atoms with Crippen molar-refractivity contribution in [3.05, 3.63) is 29.6 Å². The van der Waals surface area contributed by atoms with E-state index in [9.17, 15) is 4.39 Å². The molecule has 0 aliphatic carbocycles. The number of ether oxygens (including phenoxy) is 1. The van der Waals surface area contributed by atoms with E-state index in [1.165, 1.54) is 6.07 Å². The lowest BCUT2D eigenvalue weighted by atomic mass is 10.2. The molecule has 3 heteroatoms. The van der Waals surface area contributed by atoms with Gasteiger partial charge in [0.2, 0.25) is 0 Å². The van der Waals surface area contributed by atoms with E-state index in [4.69, 9.17) is 11.2 Å². The van der Waals surface area contributed by atoms with Crippen molar-refractivity contribution in [3.63, 3.8) is 0 Å². The lowest BCUT2D eigenvalue weighted by Crippen LogP contribution is -2.22. The van der Waals surface area contributed by atoms with E-state index < -0.39 is 0 Å². The molecule has 0 amide bonds. The first kappa shape index (κ1) is 14.5. The van der Waals surface area contributed by atoms with Gasteiger partial charge in [-0.1, -0.05) is 26.0 Å². The Bertz CT molecular complexity index is 409. The van der Waals surface area contributed by atoms with Gasteiger partial charge in [-0.3, -0.25) is 0 Å². The van der Waals surface area contributed by atoms with Crippen molar-refractivity contribution < 1.29 is 9.13 Å². The van der Waals surface area contributed by atoms with Crippen LogP contribution in [-0.2, 0) is 6.54 Å². The smallest absolute Gasteiger partial charge is 0.165 e. The first-order valence-corrected chi connectivity index (χ1v) is 6.22. The second-order valence-corrected chi connectivity index (χ2v) is 4.42. The minimum absolute atomic E-state index is 0.321. The molecule has 1 N–H and O–H groups in total. The van der Waals surface area contributed by atoms with Crippen molar-refractivity contribution in [1.82, 2.24) is 5.32 Å². The molecule has 0 aromatic heterocycles. The SMILES string of the molecule is C#CCCCOc1c(F)cccc1CNC(C)C. The fourth-order valence-electron chi connectivity index (χ4n) is 1.52. The third-order valence-electron chi connectivity index (χ3n) is 2.46. The van der Waals surface area contributed by atoms with Crippen molar-refractivity contribution in [2.75, 3.05) is 6.61 Å². The molecule has 18 heavy (non-hydrogen) atoms. The van der Waals surface area contributed by atoms with Crippen molar-refractivity contribution in [3.8, 4) is 18.1 Å². The summed E-state index contributed by atoms with van der Waals surface area (Å²) in [6, 6.07) is 5.33. The molecular weight excluding hydrogens is 229 g/mol. The van der Waals surface area contributed by atoms with Gasteiger partial charge < -0.3 is 10.1 Å². The highest BCUT2D eigenvalue weighted by molar-refractivity contribution is 5.34. The van der Waals surface area contributed by atoms with Crippen molar-refractivity contribution >= 4 is 0 Å². The van der Waals surface area contributed by atoms with Crippen molar-refractivity contribution in [2.24, 2.45) is 0 Å². The zero-order valence-electron chi connectivity index (χ0n) is 11.0. The average molecular weight is 249 g/mol. The van der Waals surface area contributed by atoms with Gasteiger partial charge >= 0.3 is 0 Å². The lowest BCUT2D eigenvalue weighted by molar-refractivity contribution is 0.293. The zero-order valence-corrected chi connectivity index (χ0v) is 11.0. The minimum atomic E-state index is -0.321. The standard InChI is InChI=1S/C15H20FNO/c1-4-5-6-10-18-15-13(11-17-12(2)3)8-7-9-14(15)16/h1,7-9,12,17H,5-6,10-11H2,2-3H3. The molecule has 0 atom stereocenters. The lowest BCUT2D eigenvalue weighted by Gasteiger charge is -2.14. The first-order chi connectivity index (χ1) is 8.65. The monoisotopic (exact) mass is 249 g/mol. The van der Waals surface area contributed by atoms with Crippen LogP contribution < -0.4 is 10.1 Å². The molecule has 98 valence electrons. The van der Waals surface area contributed by atoms with Crippen LogP contribution in [0.25, 0.3) is 0 Å². The topological polar surface area (TPSA) is 21.3 Å². The molecule has 0 unspecified atom stereocenters. The number of terminal acetylenes is 1. The number of benzene rings is 1. The Labute approximate surface area is 109 Å². The van der Waals surface area contributed by atoms with E-state index >= 15 is 0 Å². The van der Waals surface area contributed by atoms with Crippen LogP contribution in [0.2, 0.25) is 0 Å². The maximum Gasteiger partial charge on any atom is 0.165 e. The average Bonchev–Trinajstić information content (AvgIpc) is 2.34. The second-order valence-electron chi connectivity index (χ2n) is 4.42. The number of hydrogen-bond donors (Lipinski definition) is 1. The Kier molecular flexibility index (Phi) is 6.24. The van der Waals surface area contributed by atoms with E-state index in [0.29, 0.717) is 31.4 Å². The minimum Gasteiger partial charge on any atom is -0.490 e. The van der Waals surface area contributed by atoms with Crippen LogP contribution in [0.4, 0.5) is 4.39 Å². The van der Waals surface area contributed by atoms with E-state index in [2.05, 4.69) is 11.2 Å². The van der Waals surface area contributed by atoms with Gasteiger partial charge in [-0.15, -0.1) is 12.3 Å². The highest BCUT2D eigenvalue weighted by Gasteiger charge is 2.09. The van der Waals surface area contributed by atoms with Gasteiger partial charge in [0.25, 0.3) is 0 Å². The largest absolute Gasteiger partial charge is 0.490 e. The number of halogens is 1. The van der Waals surface area contributed by atoms with Crippen LogP contribution in [0.1, 0.15) is 32.3 Å². The van der Waals surface area contributed by atoms with Crippen LogP contribution in [0, 0.1) is 18.2 Å². The summed E-state index contributed by atoms with van der Waals surface area (Å²) in [7, 11) is 0. The Balaban J connectivity index is 2.65. The number of rotatable bonds is 7. The van der Waals surface area contributed by atoms with E-state index in [0.717, 1.165) is 12.0 Å². The molecule has 1 aromatic rings. The number of nitrogens with one attached hydrogen (secondary N) is 1. The molecule has 0 aliphatic heterocycles. The summed E-state index contributed by atoms with van der Waals surface area (Å²) in [5.41, 5.74) is 0.837. The fraction of sp³-hybridized carbons (Fsp3) is 0.467. The molecule has 0 aliphatic rings. The van der Waals surface area contributed by atoms with Crippen LogP contribution in [0.5, 0.6) is 5.75 Å². The molecule has 0 heterocycles. The Hall–Kier alpha value is -1.53. The predicted molar refractivity (Wildman–Crippen MR) is 71.9 cm³/mol. The van der Waals surface area contributed by atoms with E-state index in [-0.39, 0.29) is 5.82 Å². The van der Waals surface area contributed by atoms with Crippen LogP contribution in [0.3, 0.4) is 0 Å². The summed E-state index contributed by atoms with van der Waals surface area (Å²) in [6.45, 7) is 5.14. The molecule has 1 aromatic carbocycles. The zero-order chi connectivity index (χ0) is 13.4. The van der Waals surface area contributed by atoms with Crippen LogP contribution in [0.15, 0.2) is 18.2 Å². The Morgan fingerprint density at radius 3 is 2.89 bits per heavy atom. The maximum absolute atomic E-state index is 13.7. The third kappa shape index (κ3) is 4.77. The Morgan fingerprint density at radius 2 is 2.22 bits per heavy atom. The number of unbranched alkanes of at least 4 members (excludes halogenated alkanes) is 1. The molecule has 0 radical (unpaired) electrons. The van der Waals surface area contributed by atoms with Gasteiger partial charge in [0.1, 0.15) is 0 Å². The summed E-state index contributed by atoms with van der Waals surface area (Å²) in [5, 5.41) is 3.25. The molecular formula is C15H20FNO. The molecule has 2 nitrogen and oxygen atoms in total. The molecule has 0 fully saturated rings. The molecule has 0 bridgehead atoms. The summed E-state index contributed by atoms with van der Waals surface area (Å²) in [5.74, 6) is 2.55. The third-order valence-corrected chi connectivity index (χ3v) is 2.46. The fourth-order valence-corrected chi connectivity index (χ4v) is 1.52. The molecule has 0 saturated heterocycles. The highest BCUT2D eigenvalue weighted by Crippen LogP contribution is 2.23. The van der Waals surface area contributed by atoms with Gasteiger partial charge in [-0.05, 0) is 12.5 Å². The summed E-state index contributed by atoms with van der Waals surface area (Å²) >= 11 is 0. The Morgan fingerprint density at radius 1 is 1.44 bits per heavy atom. The van der Waals surface area contributed by atoms with Crippen LogP contribution in [-0.4, -0.2) is 12.6 Å². The number of hydrogen-bond acceptors (Lipinski definition) is 2. The van der Waals surface area contributed by atoms with E-state index in [1.54, 1.807) is 6.07 Å². The first-order valence-electron chi connectivity index (χ1n) is 6.22. The molecule has 0 spiro atoms. The van der Waals surface area contributed by atoms with Gasteiger partial charge in [0.05, 0.1) is 6.61 Å². The summed E-state index contributed by atoms with van der Waals surface area (Å²) in [6.07, 6.45) is 6.54. The van der Waals surface area contributed by atoms with Gasteiger partial charge in [-0.25, -0.2) is 4.39 Å². The van der Waals surface area contributed by atoms with Gasteiger partial charge in [-0.2, -0.15) is 0 Å². The molecule has 0 saturated carbocycles. The van der Waals surface area contributed by atoms with Crippen molar-refractivity contribution in [1.29, 1.82) is 0 Å². The molecule has 1 rings (SSSR count). The van der Waals surface area contributed by atoms with Crippen molar-refractivity contribution in [2.45, 2.75) is 39.3 Å². The summed E-state index contributed by atoms with van der Waals surface area (Å²) < 4.78 is 19.2. The second kappa shape index (κ2) is 7.73. The number of para-hydroxylation sites is 1.